The molecule has 0 atom stereocenters. The van der Waals surface area contributed by atoms with E-state index >= 15 is 0 Å². The van der Waals surface area contributed by atoms with Crippen LogP contribution >= 0.6 is 0 Å². The number of carbonyl (C=O) groups is 1. The van der Waals surface area contributed by atoms with E-state index in [1.54, 1.807) is 10.9 Å². The molecule has 3 rings (SSSR count). The van der Waals surface area contributed by atoms with Crippen molar-refractivity contribution in [2.24, 2.45) is 0 Å². The van der Waals surface area contributed by atoms with Crippen LogP contribution in [0.2, 0.25) is 0 Å². The number of hydrogen-bond acceptors (Lipinski definition) is 5. The number of aryl methyl sites for hydroxylation is 1. The number of H-pyrrole nitrogens is 1. The van der Waals surface area contributed by atoms with Gasteiger partial charge in [0.2, 0.25) is 0 Å². The maximum Gasteiger partial charge on any atom is 0.271 e. The molecule has 0 spiro atoms. The first kappa shape index (κ1) is 16.6. The Morgan fingerprint density at radius 1 is 1.24 bits per heavy atom. The van der Waals surface area contributed by atoms with Gasteiger partial charge in [-0.05, 0) is 44.0 Å². The predicted octanol–water partition coefficient (Wildman–Crippen LogP) is 0.940. The number of aromatic nitrogens is 5. The van der Waals surface area contributed by atoms with E-state index in [0.29, 0.717) is 13.0 Å². The lowest BCUT2D eigenvalue weighted by molar-refractivity contribution is 0.0948. The lowest BCUT2D eigenvalue weighted by Crippen LogP contribution is -2.27. The van der Waals surface area contributed by atoms with Crippen LogP contribution in [0.4, 0.5) is 0 Å². The minimum Gasteiger partial charge on any atom is -0.350 e. The summed E-state index contributed by atoms with van der Waals surface area (Å²) in [6.07, 6.45) is 2.36. The molecule has 0 aromatic carbocycles. The highest BCUT2D eigenvalue weighted by Gasteiger charge is 2.14. The zero-order valence-corrected chi connectivity index (χ0v) is 14.0. The van der Waals surface area contributed by atoms with Gasteiger partial charge in [-0.3, -0.25) is 9.59 Å². The zero-order chi connectivity index (χ0) is 17.8. The predicted molar refractivity (Wildman–Crippen MR) is 91.7 cm³/mol. The highest BCUT2D eigenvalue weighted by atomic mass is 16.2. The van der Waals surface area contributed by atoms with Crippen molar-refractivity contribution in [3.63, 3.8) is 0 Å². The molecule has 0 saturated heterocycles. The third kappa shape index (κ3) is 3.63. The van der Waals surface area contributed by atoms with E-state index in [2.05, 4.69) is 25.6 Å². The van der Waals surface area contributed by atoms with E-state index in [0.717, 1.165) is 22.8 Å². The Labute approximate surface area is 143 Å². The van der Waals surface area contributed by atoms with Crippen LogP contribution in [0, 0.1) is 13.8 Å². The number of carbonyl (C=O) groups excluding carboxylic acids is 1. The lowest BCUT2D eigenvalue weighted by atomic mass is 10.1. The molecule has 0 radical (unpaired) electrons. The second-order valence-electron chi connectivity index (χ2n) is 5.56. The van der Waals surface area contributed by atoms with Gasteiger partial charge in [-0.1, -0.05) is 6.07 Å². The number of hydrogen-bond donors (Lipinski definition) is 2. The standard InChI is InChI=1S/C17H18N6O2/c1-11-13(12(2)23(22-11)15-5-3-4-9-18-15)8-10-19-17(25)14-6-7-16(24)21-20-14/h3-7,9H,8,10H2,1-2H3,(H,19,25)(H,21,24). The van der Waals surface area contributed by atoms with Crippen LogP contribution in [0.25, 0.3) is 5.82 Å². The van der Waals surface area contributed by atoms with Gasteiger partial charge in [-0.15, -0.1) is 0 Å². The summed E-state index contributed by atoms with van der Waals surface area (Å²) in [6.45, 7) is 4.36. The quantitative estimate of drug-likeness (QED) is 0.720. The van der Waals surface area contributed by atoms with Crippen LogP contribution in [0.15, 0.2) is 41.3 Å². The highest BCUT2D eigenvalue weighted by molar-refractivity contribution is 5.91. The average Bonchev–Trinajstić information content (AvgIpc) is 2.91. The van der Waals surface area contributed by atoms with Crippen LogP contribution in [0.1, 0.15) is 27.4 Å². The Kier molecular flexibility index (Phi) is 4.69. The van der Waals surface area contributed by atoms with Gasteiger partial charge < -0.3 is 5.32 Å². The van der Waals surface area contributed by atoms with E-state index in [9.17, 15) is 9.59 Å². The molecule has 3 aromatic rings. The molecule has 25 heavy (non-hydrogen) atoms. The van der Waals surface area contributed by atoms with Gasteiger partial charge in [0.05, 0.1) is 5.69 Å². The molecule has 0 aliphatic heterocycles. The Balaban J connectivity index is 1.67. The summed E-state index contributed by atoms with van der Waals surface area (Å²) >= 11 is 0. The summed E-state index contributed by atoms with van der Waals surface area (Å²) in [4.78, 5) is 27.3. The van der Waals surface area contributed by atoms with Crippen LogP contribution in [-0.4, -0.2) is 37.4 Å². The molecule has 0 fully saturated rings. The molecule has 128 valence electrons. The third-order valence-electron chi connectivity index (χ3n) is 3.88. The zero-order valence-electron chi connectivity index (χ0n) is 14.0. The molecule has 8 heteroatoms. The van der Waals surface area contributed by atoms with Gasteiger partial charge in [0.25, 0.3) is 11.5 Å². The van der Waals surface area contributed by atoms with E-state index in [4.69, 9.17) is 0 Å². The summed E-state index contributed by atoms with van der Waals surface area (Å²) in [5, 5.41) is 13.3. The molecule has 0 aliphatic rings. The number of nitrogens with zero attached hydrogens (tertiary/aromatic N) is 4. The number of rotatable bonds is 5. The largest absolute Gasteiger partial charge is 0.350 e. The Morgan fingerprint density at radius 2 is 2.08 bits per heavy atom. The van der Waals surface area contributed by atoms with Crippen molar-refractivity contribution in [1.82, 2.24) is 30.3 Å². The molecule has 0 saturated carbocycles. The van der Waals surface area contributed by atoms with Gasteiger partial charge >= 0.3 is 0 Å². The fourth-order valence-electron chi connectivity index (χ4n) is 2.60. The molecular weight excluding hydrogens is 320 g/mol. The van der Waals surface area contributed by atoms with E-state index in [-0.39, 0.29) is 17.2 Å². The molecule has 2 N–H and O–H groups in total. The Morgan fingerprint density at radius 3 is 2.76 bits per heavy atom. The highest BCUT2D eigenvalue weighted by Crippen LogP contribution is 2.16. The van der Waals surface area contributed by atoms with E-state index in [1.165, 1.54) is 12.1 Å². The normalized spacial score (nSPS) is 10.6. The fraction of sp³-hybridized carbons (Fsp3) is 0.235. The molecule has 0 aliphatic carbocycles. The van der Waals surface area contributed by atoms with Crippen molar-refractivity contribution >= 4 is 5.91 Å². The molecule has 1 amide bonds. The number of nitrogens with one attached hydrogen (secondary N) is 2. The molecule has 0 unspecified atom stereocenters. The molecule has 0 bridgehead atoms. The second-order valence-corrected chi connectivity index (χ2v) is 5.56. The van der Waals surface area contributed by atoms with E-state index in [1.807, 2.05) is 32.0 Å². The second kappa shape index (κ2) is 7.08. The Bertz CT molecular complexity index is 925. The first-order chi connectivity index (χ1) is 12.1. The van der Waals surface area contributed by atoms with Crippen LogP contribution in [0.5, 0.6) is 0 Å². The summed E-state index contributed by atoms with van der Waals surface area (Å²) in [6, 6.07) is 8.33. The molecular formula is C17H18N6O2. The van der Waals surface area contributed by atoms with Crippen molar-refractivity contribution in [2.75, 3.05) is 6.54 Å². The SMILES string of the molecule is Cc1nn(-c2ccccn2)c(C)c1CCNC(=O)c1ccc(=O)[nH]n1. The summed E-state index contributed by atoms with van der Waals surface area (Å²) in [5.74, 6) is 0.430. The number of pyridine rings is 1. The lowest BCUT2D eigenvalue weighted by Gasteiger charge is -2.06. The first-order valence-electron chi connectivity index (χ1n) is 7.86. The maximum absolute atomic E-state index is 12.0. The van der Waals surface area contributed by atoms with Crippen molar-refractivity contribution in [1.29, 1.82) is 0 Å². The minimum atomic E-state index is -0.343. The van der Waals surface area contributed by atoms with E-state index < -0.39 is 0 Å². The molecule has 3 aromatic heterocycles. The monoisotopic (exact) mass is 338 g/mol. The summed E-state index contributed by atoms with van der Waals surface area (Å²) in [5.41, 5.74) is 2.80. The average molecular weight is 338 g/mol. The van der Waals surface area contributed by atoms with Gasteiger partial charge in [0.15, 0.2) is 5.82 Å². The van der Waals surface area contributed by atoms with Crippen molar-refractivity contribution in [3.05, 3.63) is 69.5 Å². The maximum atomic E-state index is 12.0. The van der Waals surface area contributed by atoms with Crippen LogP contribution in [0.3, 0.4) is 0 Å². The minimum absolute atomic E-state index is 0.178. The van der Waals surface area contributed by atoms with Gasteiger partial charge in [-0.2, -0.15) is 10.2 Å². The smallest absolute Gasteiger partial charge is 0.271 e. The van der Waals surface area contributed by atoms with Gasteiger partial charge in [-0.25, -0.2) is 14.8 Å². The van der Waals surface area contributed by atoms with Gasteiger partial charge in [0.1, 0.15) is 5.69 Å². The first-order valence-corrected chi connectivity index (χ1v) is 7.86. The fourth-order valence-corrected chi connectivity index (χ4v) is 2.60. The summed E-state index contributed by atoms with van der Waals surface area (Å²) in [7, 11) is 0. The van der Waals surface area contributed by atoms with Crippen molar-refractivity contribution < 1.29 is 4.79 Å². The Hall–Kier alpha value is -3.29. The topological polar surface area (TPSA) is 106 Å². The molecule has 8 nitrogen and oxygen atoms in total. The van der Waals surface area contributed by atoms with Crippen LogP contribution in [-0.2, 0) is 6.42 Å². The van der Waals surface area contributed by atoms with Crippen molar-refractivity contribution in [2.45, 2.75) is 20.3 Å². The number of aromatic amines is 1. The third-order valence-corrected chi connectivity index (χ3v) is 3.88. The summed E-state index contributed by atoms with van der Waals surface area (Å²) < 4.78 is 1.80. The molecule has 3 heterocycles. The van der Waals surface area contributed by atoms with Crippen molar-refractivity contribution in [3.8, 4) is 5.82 Å². The van der Waals surface area contributed by atoms with Crippen LogP contribution < -0.4 is 10.9 Å². The van der Waals surface area contributed by atoms with Gasteiger partial charge in [0, 0.05) is 24.5 Å². The number of amides is 1.